The van der Waals surface area contributed by atoms with Gasteiger partial charge in [-0.3, -0.25) is 4.79 Å². The molecule has 1 aliphatic carbocycles. The second-order valence-electron chi connectivity index (χ2n) is 5.68. The minimum atomic E-state index is 0.0989. The average Bonchev–Trinajstić information content (AvgIpc) is 2.87. The van der Waals surface area contributed by atoms with Crippen molar-refractivity contribution in [1.29, 1.82) is 0 Å². The number of hydrogen-bond acceptors (Lipinski definition) is 2. The number of benzene rings is 1. The van der Waals surface area contributed by atoms with E-state index in [1.807, 2.05) is 0 Å². The highest BCUT2D eigenvalue weighted by molar-refractivity contribution is 5.77. The van der Waals surface area contributed by atoms with Crippen molar-refractivity contribution in [3.63, 3.8) is 0 Å². The molecule has 0 spiro atoms. The standard InChI is InChI=1S/C16H24N2O/c1-17-12-15(19)18-13-16(9-5-6-10-16)11-14-7-3-2-4-8-14/h2-4,7-8,17H,5-6,9-13H2,1H3,(H,18,19). The second-order valence-corrected chi connectivity index (χ2v) is 5.68. The molecule has 0 bridgehead atoms. The van der Waals surface area contributed by atoms with Crippen LogP contribution in [0.4, 0.5) is 0 Å². The van der Waals surface area contributed by atoms with E-state index in [1.165, 1.54) is 31.2 Å². The number of hydrogen-bond donors (Lipinski definition) is 2. The Hall–Kier alpha value is -1.35. The highest BCUT2D eigenvalue weighted by Crippen LogP contribution is 2.40. The summed E-state index contributed by atoms with van der Waals surface area (Å²) in [5, 5.41) is 5.98. The highest BCUT2D eigenvalue weighted by Gasteiger charge is 2.34. The second kappa shape index (κ2) is 6.71. The van der Waals surface area contributed by atoms with E-state index in [2.05, 4.69) is 41.0 Å². The molecule has 1 fully saturated rings. The summed E-state index contributed by atoms with van der Waals surface area (Å²) in [6.45, 7) is 1.21. The Morgan fingerprint density at radius 3 is 2.53 bits per heavy atom. The van der Waals surface area contributed by atoms with Crippen LogP contribution in [0.1, 0.15) is 31.2 Å². The summed E-state index contributed by atoms with van der Waals surface area (Å²) in [5.74, 6) is 0.0989. The Balaban J connectivity index is 1.96. The minimum Gasteiger partial charge on any atom is -0.354 e. The Bertz CT molecular complexity index is 396. The normalized spacial score (nSPS) is 17.3. The van der Waals surface area contributed by atoms with Gasteiger partial charge in [-0.05, 0) is 37.3 Å². The molecule has 0 saturated heterocycles. The Morgan fingerprint density at radius 2 is 1.89 bits per heavy atom. The van der Waals surface area contributed by atoms with Gasteiger partial charge in [0.2, 0.25) is 5.91 Å². The number of carbonyl (C=O) groups excluding carboxylic acids is 1. The van der Waals surface area contributed by atoms with E-state index in [0.29, 0.717) is 6.54 Å². The third kappa shape index (κ3) is 4.06. The van der Waals surface area contributed by atoms with Crippen LogP contribution >= 0.6 is 0 Å². The number of carbonyl (C=O) groups is 1. The molecule has 3 nitrogen and oxygen atoms in total. The lowest BCUT2D eigenvalue weighted by atomic mass is 9.80. The fraction of sp³-hybridized carbons (Fsp3) is 0.562. The van der Waals surface area contributed by atoms with Crippen LogP contribution in [0.5, 0.6) is 0 Å². The number of likely N-dealkylation sites (N-methyl/N-ethyl adjacent to an activating group) is 1. The molecule has 3 heteroatoms. The first kappa shape index (κ1) is 14.1. The zero-order valence-corrected chi connectivity index (χ0v) is 11.7. The summed E-state index contributed by atoms with van der Waals surface area (Å²) in [7, 11) is 1.80. The van der Waals surface area contributed by atoms with Gasteiger partial charge in [0.15, 0.2) is 0 Å². The van der Waals surface area contributed by atoms with Gasteiger partial charge in [0.1, 0.15) is 0 Å². The van der Waals surface area contributed by atoms with Gasteiger partial charge in [-0.15, -0.1) is 0 Å². The maximum atomic E-state index is 11.6. The van der Waals surface area contributed by atoms with Gasteiger partial charge in [-0.2, -0.15) is 0 Å². The van der Waals surface area contributed by atoms with Crippen LogP contribution in [-0.2, 0) is 11.2 Å². The van der Waals surface area contributed by atoms with E-state index in [9.17, 15) is 4.79 Å². The fourth-order valence-corrected chi connectivity index (χ4v) is 3.08. The summed E-state index contributed by atoms with van der Waals surface area (Å²) in [4.78, 5) is 11.6. The number of amides is 1. The smallest absolute Gasteiger partial charge is 0.233 e. The molecule has 2 N–H and O–H groups in total. The Kier molecular flexibility index (Phi) is 4.97. The van der Waals surface area contributed by atoms with Crippen LogP contribution < -0.4 is 10.6 Å². The SMILES string of the molecule is CNCC(=O)NCC1(Cc2ccccc2)CCCC1. The summed E-state index contributed by atoms with van der Waals surface area (Å²) >= 11 is 0. The first-order valence-electron chi connectivity index (χ1n) is 7.19. The molecule has 1 saturated carbocycles. The van der Waals surface area contributed by atoms with E-state index in [4.69, 9.17) is 0 Å². The monoisotopic (exact) mass is 260 g/mol. The van der Waals surface area contributed by atoms with Crippen molar-refractivity contribution in [1.82, 2.24) is 10.6 Å². The molecule has 104 valence electrons. The van der Waals surface area contributed by atoms with Crippen LogP contribution in [-0.4, -0.2) is 26.0 Å². The molecule has 0 heterocycles. The van der Waals surface area contributed by atoms with Gasteiger partial charge in [-0.25, -0.2) is 0 Å². The average molecular weight is 260 g/mol. The zero-order valence-electron chi connectivity index (χ0n) is 11.7. The molecule has 0 atom stereocenters. The lowest BCUT2D eigenvalue weighted by Gasteiger charge is -2.29. The fourth-order valence-electron chi connectivity index (χ4n) is 3.08. The molecule has 1 aliphatic rings. The predicted octanol–water partition coefficient (Wildman–Crippen LogP) is 2.13. The largest absolute Gasteiger partial charge is 0.354 e. The van der Waals surface area contributed by atoms with Gasteiger partial charge < -0.3 is 10.6 Å². The van der Waals surface area contributed by atoms with Crippen molar-refractivity contribution >= 4 is 5.91 Å². The van der Waals surface area contributed by atoms with Crippen molar-refractivity contribution in [2.45, 2.75) is 32.1 Å². The van der Waals surface area contributed by atoms with Crippen molar-refractivity contribution in [2.75, 3.05) is 20.1 Å². The van der Waals surface area contributed by atoms with Crippen LogP contribution in [0.15, 0.2) is 30.3 Å². The maximum Gasteiger partial charge on any atom is 0.233 e. The molecule has 2 rings (SSSR count). The van der Waals surface area contributed by atoms with E-state index < -0.39 is 0 Å². The Morgan fingerprint density at radius 1 is 1.21 bits per heavy atom. The zero-order chi connectivity index (χ0) is 13.6. The van der Waals surface area contributed by atoms with Crippen LogP contribution in [0.3, 0.4) is 0 Å². The summed E-state index contributed by atoms with van der Waals surface area (Å²) in [6, 6.07) is 10.6. The van der Waals surface area contributed by atoms with Gasteiger partial charge in [0.25, 0.3) is 0 Å². The van der Waals surface area contributed by atoms with E-state index in [0.717, 1.165) is 13.0 Å². The quantitative estimate of drug-likeness (QED) is 0.822. The van der Waals surface area contributed by atoms with Gasteiger partial charge in [-0.1, -0.05) is 43.2 Å². The number of rotatable bonds is 6. The molecule has 0 unspecified atom stereocenters. The molecular weight excluding hydrogens is 236 g/mol. The summed E-state index contributed by atoms with van der Waals surface area (Å²) in [6.07, 6.45) is 6.10. The topological polar surface area (TPSA) is 41.1 Å². The van der Waals surface area contributed by atoms with Crippen molar-refractivity contribution in [3.05, 3.63) is 35.9 Å². The van der Waals surface area contributed by atoms with E-state index in [1.54, 1.807) is 7.05 Å². The van der Waals surface area contributed by atoms with E-state index in [-0.39, 0.29) is 11.3 Å². The molecule has 1 amide bonds. The number of nitrogens with one attached hydrogen (secondary N) is 2. The lowest BCUT2D eigenvalue weighted by molar-refractivity contribution is -0.120. The first-order valence-corrected chi connectivity index (χ1v) is 7.19. The molecule has 0 radical (unpaired) electrons. The van der Waals surface area contributed by atoms with Gasteiger partial charge >= 0.3 is 0 Å². The van der Waals surface area contributed by atoms with Gasteiger partial charge in [0, 0.05) is 6.54 Å². The highest BCUT2D eigenvalue weighted by atomic mass is 16.1. The molecule has 1 aromatic rings. The van der Waals surface area contributed by atoms with Gasteiger partial charge in [0.05, 0.1) is 6.54 Å². The molecule has 0 aromatic heterocycles. The first-order chi connectivity index (χ1) is 9.24. The van der Waals surface area contributed by atoms with Crippen molar-refractivity contribution in [2.24, 2.45) is 5.41 Å². The third-order valence-electron chi connectivity index (χ3n) is 4.08. The van der Waals surface area contributed by atoms with E-state index >= 15 is 0 Å². The molecule has 1 aromatic carbocycles. The van der Waals surface area contributed by atoms with Crippen LogP contribution in [0.2, 0.25) is 0 Å². The third-order valence-corrected chi connectivity index (χ3v) is 4.08. The summed E-state index contributed by atoms with van der Waals surface area (Å²) in [5.41, 5.74) is 1.65. The minimum absolute atomic E-state index is 0.0989. The van der Waals surface area contributed by atoms with Crippen LogP contribution in [0, 0.1) is 5.41 Å². The maximum absolute atomic E-state index is 11.6. The van der Waals surface area contributed by atoms with Crippen molar-refractivity contribution in [3.8, 4) is 0 Å². The predicted molar refractivity (Wildman–Crippen MR) is 78.0 cm³/mol. The lowest BCUT2D eigenvalue weighted by Crippen LogP contribution is -2.40. The summed E-state index contributed by atoms with van der Waals surface area (Å²) < 4.78 is 0. The molecule has 0 aliphatic heterocycles. The molecule has 19 heavy (non-hydrogen) atoms. The van der Waals surface area contributed by atoms with Crippen LogP contribution in [0.25, 0.3) is 0 Å². The Labute approximate surface area is 115 Å². The molecular formula is C16H24N2O. The van der Waals surface area contributed by atoms with Crippen molar-refractivity contribution < 1.29 is 4.79 Å².